The second-order valence-corrected chi connectivity index (χ2v) is 5.32. The number of hydrogen-bond donors (Lipinski definition) is 2. The highest BCUT2D eigenvalue weighted by atomic mass is 15.2. The zero-order valence-corrected chi connectivity index (χ0v) is 10.2. The Labute approximate surface area is 106 Å². The summed E-state index contributed by atoms with van der Waals surface area (Å²) in [6.45, 7) is 2.20. The van der Waals surface area contributed by atoms with E-state index in [1.54, 1.807) is 6.20 Å². The lowest BCUT2D eigenvalue weighted by atomic mass is 10.0. The van der Waals surface area contributed by atoms with E-state index in [0.717, 1.165) is 30.3 Å². The van der Waals surface area contributed by atoms with Gasteiger partial charge in [-0.15, -0.1) is 0 Å². The van der Waals surface area contributed by atoms with Crippen LogP contribution in [0.15, 0.2) is 24.4 Å². The van der Waals surface area contributed by atoms with Gasteiger partial charge in [0.25, 0.3) is 0 Å². The van der Waals surface area contributed by atoms with Crippen LogP contribution in [0.4, 0.5) is 5.82 Å². The van der Waals surface area contributed by atoms with Gasteiger partial charge in [0.2, 0.25) is 0 Å². The average Bonchev–Trinajstić information content (AvgIpc) is 3.00. The molecule has 0 atom stereocenters. The van der Waals surface area contributed by atoms with Gasteiger partial charge in [0.15, 0.2) is 0 Å². The molecule has 2 aliphatic rings. The molecule has 2 aromatic rings. The molecule has 4 rings (SSSR count). The topological polar surface area (TPSA) is 57.9 Å². The Kier molecular flexibility index (Phi) is 2.02. The van der Waals surface area contributed by atoms with Crippen molar-refractivity contribution in [2.75, 3.05) is 5.73 Å². The summed E-state index contributed by atoms with van der Waals surface area (Å²) >= 11 is 0. The van der Waals surface area contributed by atoms with Gasteiger partial charge < -0.3 is 5.73 Å². The molecule has 0 spiro atoms. The first-order valence-electron chi connectivity index (χ1n) is 6.46. The molecule has 1 fully saturated rings. The summed E-state index contributed by atoms with van der Waals surface area (Å²) in [5, 5.41) is 6.77. The lowest BCUT2D eigenvalue weighted by Crippen LogP contribution is -2.18. The number of aromatic nitrogens is 2. The van der Waals surface area contributed by atoms with Crippen LogP contribution in [0.2, 0.25) is 0 Å². The van der Waals surface area contributed by atoms with Crippen molar-refractivity contribution >= 4 is 5.82 Å². The molecule has 18 heavy (non-hydrogen) atoms. The van der Waals surface area contributed by atoms with Crippen molar-refractivity contribution in [1.29, 1.82) is 0 Å². The van der Waals surface area contributed by atoms with Gasteiger partial charge in [0, 0.05) is 24.7 Å². The van der Waals surface area contributed by atoms with Crippen molar-refractivity contribution in [2.45, 2.75) is 32.0 Å². The number of nitrogens with zero attached hydrogens (tertiary/aromatic N) is 2. The van der Waals surface area contributed by atoms with Gasteiger partial charge in [-0.05, 0) is 35.6 Å². The van der Waals surface area contributed by atoms with Crippen molar-refractivity contribution in [2.24, 2.45) is 0 Å². The van der Waals surface area contributed by atoms with Crippen molar-refractivity contribution in [3.05, 3.63) is 35.5 Å². The maximum absolute atomic E-state index is 5.87. The van der Waals surface area contributed by atoms with Gasteiger partial charge >= 0.3 is 0 Å². The van der Waals surface area contributed by atoms with Crippen LogP contribution in [0.25, 0.3) is 11.1 Å². The Bertz CT molecular complexity index is 598. The van der Waals surface area contributed by atoms with E-state index in [-0.39, 0.29) is 0 Å². The maximum Gasteiger partial charge on any atom is 0.126 e. The van der Waals surface area contributed by atoms with Crippen LogP contribution in [-0.2, 0) is 13.1 Å². The van der Waals surface area contributed by atoms with Crippen LogP contribution in [-0.4, -0.2) is 21.1 Å². The largest absolute Gasteiger partial charge is 0.384 e. The highest BCUT2D eigenvalue weighted by Gasteiger charge is 2.32. The number of fused-ring (bicyclic) bond motifs is 1. The minimum atomic E-state index is 0.645. The van der Waals surface area contributed by atoms with Crippen molar-refractivity contribution in [3.63, 3.8) is 0 Å². The lowest BCUT2D eigenvalue weighted by Gasteiger charge is -2.11. The number of anilines is 1. The molecule has 1 aliphatic carbocycles. The molecule has 0 amide bonds. The standard InChI is InChI=1S/C14H16N4/c15-14-13(6-16-17-14)9-1-2-10-7-18(12-3-4-12)8-11(10)5-9/h1-2,5-6,12H,3-4,7-8H2,(H3,15,16,17). The van der Waals surface area contributed by atoms with Gasteiger partial charge in [-0.2, -0.15) is 5.10 Å². The van der Waals surface area contributed by atoms with E-state index in [0.29, 0.717) is 5.82 Å². The summed E-state index contributed by atoms with van der Waals surface area (Å²) in [5.41, 5.74) is 11.0. The van der Waals surface area contributed by atoms with E-state index in [1.807, 2.05) is 0 Å². The molecule has 2 heterocycles. The predicted molar refractivity (Wildman–Crippen MR) is 70.7 cm³/mol. The fraction of sp³-hybridized carbons (Fsp3) is 0.357. The number of aromatic amines is 1. The van der Waals surface area contributed by atoms with Gasteiger partial charge in [-0.3, -0.25) is 10.00 Å². The lowest BCUT2D eigenvalue weighted by molar-refractivity contribution is 0.273. The molecule has 0 radical (unpaired) electrons. The van der Waals surface area contributed by atoms with Gasteiger partial charge in [0.1, 0.15) is 5.82 Å². The molecule has 92 valence electrons. The maximum atomic E-state index is 5.87. The highest BCUT2D eigenvalue weighted by molar-refractivity contribution is 5.73. The highest BCUT2D eigenvalue weighted by Crippen LogP contribution is 2.36. The third-order valence-electron chi connectivity index (χ3n) is 4.00. The summed E-state index contributed by atoms with van der Waals surface area (Å²) in [6.07, 6.45) is 4.54. The number of nitrogens with two attached hydrogens (primary N) is 1. The summed E-state index contributed by atoms with van der Waals surface area (Å²) in [5.74, 6) is 0.645. The fourth-order valence-corrected chi connectivity index (χ4v) is 2.81. The molecule has 1 saturated carbocycles. The molecule has 1 aromatic heterocycles. The van der Waals surface area contributed by atoms with Crippen LogP contribution >= 0.6 is 0 Å². The SMILES string of the molecule is Nc1[nH]ncc1-c1ccc2c(c1)CN(C1CC1)C2. The number of hydrogen-bond acceptors (Lipinski definition) is 3. The Morgan fingerprint density at radius 1 is 1.22 bits per heavy atom. The number of H-pyrrole nitrogens is 1. The van der Waals surface area contributed by atoms with Crippen molar-refractivity contribution in [3.8, 4) is 11.1 Å². The first-order valence-corrected chi connectivity index (χ1v) is 6.46. The Balaban J connectivity index is 1.69. The van der Waals surface area contributed by atoms with E-state index in [9.17, 15) is 0 Å². The molecule has 0 unspecified atom stereocenters. The second-order valence-electron chi connectivity index (χ2n) is 5.32. The monoisotopic (exact) mass is 240 g/mol. The third kappa shape index (κ3) is 1.53. The van der Waals surface area contributed by atoms with Gasteiger partial charge in [-0.25, -0.2) is 0 Å². The van der Waals surface area contributed by atoms with Crippen molar-refractivity contribution in [1.82, 2.24) is 15.1 Å². The number of nitrogen functional groups attached to an aromatic ring is 1. The zero-order chi connectivity index (χ0) is 12.1. The molecular weight excluding hydrogens is 224 g/mol. The van der Waals surface area contributed by atoms with E-state index < -0.39 is 0 Å². The third-order valence-corrected chi connectivity index (χ3v) is 4.00. The normalized spacial score (nSPS) is 19.1. The fourth-order valence-electron chi connectivity index (χ4n) is 2.81. The smallest absolute Gasteiger partial charge is 0.126 e. The molecule has 0 bridgehead atoms. The number of nitrogens with one attached hydrogen (secondary N) is 1. The van der Waals surface area contributed by atoms with E-state index >= 15 is 0 Å². The second kappa shape index (κ2) is 3.59. The number of benzene rings is 1. The summed E-state index contributed by atoms with van der Waals surface area (Å²) in [4.78, 5) is 2.58. The average molecular weight is 240 g/mol. The summed E-state index contributed by atoms with van der Waals surface area (Å²) in [6, 6.07) is 7.48. The van der Waals surface area contributed by atoms with Crippen LogP contribution in [0.1, 0.15) is 24.0 Å². The summed E-state index contributed by atoms with van der Waals surface area (Å²) in [7, 11) is 0. The van der Waals surface area contributed by atoms with Crippen LogP contribution < -0.4 is 5.73 Å². The van der Waals surface area contributed by atoms with E-state index in [1.165, 1.54) is 24.0 Å². The minimum Gasteiger partial charge on any atom is -0.384 e. The Morgan fingerprint density at radius 3 is 2.78 bits per heavy atom. The Hall–Kier alpha value is -1.81. The molecular formula is C14H16N4. The first kappa shape index (κ1) is 10.1. The molecule has 4 heteroatoms. The number of rotatable bonds is 2. The minimum absolute atomic E-state index is 0.645. The quantitative estimate of drug-likeness (QED) is 0.845. The first-order chi connectivity index (χ1) is 8.81. The van der Waals surface area contributed by atoms with Gasteiger partial charge in [-0.1, -0.05) is 12.1 Å². The van der Waals surface area contributed by atoms with E-state index in [4.69, 9.17) is 5.73 Å². The summed E-state index contributed by atoms with van der Waals surface area (Å²) < 4.78 is 0. The van der Waals surface area contributed by atoms with E-state index in [2.05, 4.69) is 33.3 Å². The molecule has 1 aliphatic heterocycles. The van der Waals surface area contributed by atoms with Crippen LogP contribution in [0.3, 0.4) is 0 Å². The van der Waals surface area contributed by atoms with Crippen molar-refractivity contribution < 1.29 is 0 Å². The van der Waals surface area contributed by atoms with Crippen LogP contribution in [0.5, 0.6) is 0 Å². The molecule has 4 nitrogen and oxygen atoms in total. The molecule has 3 N–H and O–H groups in total. The molecule has 1 aromatic carbocycles. The Morgan fingerprint density at radius 2 is 2.06 bits per heavy atom. The van der Waals surface area contributed by atoms with Crippen LogP contribution in [0, 0.1) is 0 Å². The predicted octanol–water partition coefficient (Wildman–Crippen LogP) is 2.14. The zero-order valence-electron chi connectivity index (χ0n) is 10.2. The van der Waals surface area contributed by atoms with Gasteiger partial charge in [0.05, 0.1) is 6.20 Å². The molecule has 0 saturated heterocycles.